The molecule has 0 bridgehead atoms. The molecule has 0 aliphatic carbocycles. The summed E-state index contributed by atoms with van der Waals surface area (Å²) in [4.78, 5) is 0. The molecule has 1 atom stereocenters. The van der Waals surface area contributed by atoms with Crippen LogP contribution in [0.5, 0.6) is 0 Å². The van der Waals surface area contributed by atoms with Crippen molar-refractivity contribution in [2.45, 2.75) is 51.2 Å². The molecular formula is C8H21N3. The first-order chi connectivity index (χ1) is 5.04. The fraction of sp³-hybridized carbons (Fsp3) is 1.00. The van der Waals surface area contributed by atoms with Crippen LogP contribution in [-0.4, -0.2) is 11.7 Å². The van der Waals surface area contributed by atoms with E-state index in [1.54, 1.807) is 0 Å². The van der Waals surface area contributed by atoms with E-state index >= 15 is 0 Å². The maximum Gasteiger partial charge on any atom is 0.0792 e. The Labute approximate surface area is 69.3 Å². The van der Waals surface area contributed by atoms with Crippen LogP contribution in [0.1, 0.15) is 39.5 Å². The molecule has 0 radical (unpaired) electrons. The molecule has 0 saturated heterocycles. The number of nitrogens with two attached hydrogens (primary N) is 3. The van der Waals surface area contributed by atoms with Gasteiger partial charge in [-0.05, 0) is 12.8 Å². The normalized spacial score (nSPS) is 15.0. The molecule has 0 aromatic rings. The standard InChI is InChI=1S/C8H21N3/c1-3-5-7(9)8(10,11)6-4-2/h7H,3-6,9-11H2,1-2H3. The van der Waals surface area contributed by atoms with E-state index < -0.39 is 5.66 Å². The van der Waals surface area contributed by atoms with Crippen molar-refractivity contribution in [2.24, 2.45) is 17.2 Å². The Bertz CT molecular complexity index is 102. The summed E-state index contributed by atoms with van der Waals surface area (Å²) in [5, 5.41) is 0. The van der Waals surface area contributed by atoms with Crippen LogP contribution in [0.2, 0.25) is 0 Å². The van der Waals surface area contributed by atoms with Crippen molar-refractivity contribution in [2.75, 3.05) is 0 Å². The van der Waals surface area contributed by atoms with Crippen molar-refractivity contribution in [1.82, 2.24) is 0 Å². The number of hydrogen-bond donors (Lipinski definition) is 3. The summed E-state index contributed by atoms with van der Waals surface area (Å²) in [5.41, 5.74) is 16.8. The van der Waals surface area contributed by atoms with Crippen LogP contribution in [-0.2, 0) is 0 Å². The van der Waals surface area contributed by atoms with Gasteiger partial charge in [-0.1, -0.05) is 26.7 Å². The van der Waals surface area contributed by atoms with Crippen molar-refractivity contribution >= 4 is 0 Å². The molecule has 3 heteroatoms. The molecule has 6 N–H and O–H groups in total. The maximum absolute atomic E-state index is 5.81. The van der Waals surface area contributed by atoms with Gasteiger partial charge in [0.25, 0.3) is 0 Å². The van der Waals surface area contributed by atoms with Crippen LogP contribution < -0.4 is 17.2 Å². The van der Waals surface area contributed by atoms with Gasteiger partial charge >= 0.3 is 0 Å². The molecule has 0 spiro atoms. The smallest absolute Gasteiger partial charge is 0.0792 e. The second kappa shape index (κ2) is 4.70. The van der Waals surface area contributed by atoms with Gasteiger partial charge in [0.1, 0.15) is 0 Å². The first-order valence-corrected chi connectivity index (χ1v) is 4.38. The van der Waals surface area contributed by atoms with Gasteiger partial charge in [0, 0.05) is 6.04 Å². The van der Waals surface area contributed by atoms with Crippen molar-refractivity contribution < 1.29 is 0 Å². The molecule has 0 heterocycles. The van der Waals surface area contributed by atoms with Crippen molar-refractivity contribution in [3.63, 3.8) is 0 Å². The van der Waals surface area contributed by atoms with Gasteiger partial charge in [-0.15, -0.1) is 0 Å². The molecule has 0 aliphatic heterocycles. The first-order valence-electron chi connectivity index (χ1n) is 4.38. The summed E-state index contributed by atoms with van der Waals surface area (Å²) in [6.07, 6.45) is 3.74. The van der Waals surface area contributed by atoms with E-state index in [2.05, 4.69) is 13.8 Å². The van der Waals surface area contributed by atoms with Crippen LogP contribution in [0.3, 0.4) is 0 Å². The average Bonchev–Trinajstić information content (AvgIpc) is 1.88. The van der Waals surface area contributed by atoms with Gasteiger partial charge in [0.15, 0.2) is 0 Å². The highest BCUT2D eigenvalue weighted by Crippen LogP contribution is 2.10. The van der Waals surface area contributed by atoms with Crippen LogP contribution in [0.4, 0.5) is 0 Å². The maximum atomic E-state index is 5.81. The van der Waals surface area contributed by atoms with Crippen LogP contribution in [0.25, 0.3) is 0 Å². The largest absolute Gasteiger partial charge is 0.325 e. The highest BCUT2D eigenvalue weighted by Gasteiger charge is 2.25. The van der Waals surface area contributed by atoms with Gasteiger partial charge in [-0.25, -0.2) is 0 Å². The fourth-order valence-corrected chi connectivity index (χ4v) is 1.20. The molecule has 0 aromatic carbocycles. The predicted octanol–water partition coefficient (Wildman–Crippen LogP) is 0.528. The number of hydrogen-bond acceptors (Lipinski definition) is 3. The summed E-state index contributed by atoms with van der Waals surface area (Å²) < 4.78 is 0. The van der Waals surface area contributed by atoms with E-state index in [0.29, 0.717) is 0 Å². The molecule has 3 nitrogen and oxygen atoms in total. The van der Waals surface area contributed by atoms with E-state index in [-0.39, 0.29) is 6.04 Å². The van der Waals surface area contributed by atoms with Crippen LogP contribution in [0, 0.1) is 0 Å². The molecule has 0 aliphatic rings. The third-order valence-corrected chi connectivity index (χ3v) is 1.97. The van der Waals surface area contributed by atoms with Crippen molar-refractivity contribution in [3.8, 4) is 0 Å². The zero-order valence-corrected chi connectivity index (χ0v) is 7.64. The van der Waals surface area contributed by atoms with E-state index in [4.69, 9.17) is 17.2 Å². The lowest BCUT2D eigenvalue weighted by molar-refractivity contribution is 0.312. The Morgan fingerprint density at radius 2 is 1.73 bits per heavy atom. The number of rotatable bonds is 5. The molecule has 0 rings (SSSR count). The molecule has 68 valence electrons. The highest BCUT2D eigenvalue weighted by atomic mass is 15.0. The minimum Gasteiger partial charge on any atom is -0.325 e. The van der Waals surface area contributed by atoms with Crippen LogP contribution >= 0.6 is 0 Å². The van der Waals surface area contributed by atoms with Gasteiger partial charge in [0.05, 0.1) is 5.66 Å². The van der Waals surface area contributed by atoms with Crippen molar-refractivity contribution in [1.29, 1.82) is 0 Å². The molecule has 1 unspecified atom stereocenters. The third kappa shape index (κ3) is 3.70. The monoisotopic (exact) mass is 159 g/mol. The van der Waals surface area contributed by atoms with E-state index in [0.717, 1.165) is 25.7 Å². The lowest BCUT2D eigenvalue weighted by Gasteiger charge is -2.30. The SMILES string of the molecule is CCCC(N)C(N)(N)CCC. The Hall–Kier alpha value is -0.120. The highest BCUT2D eigenvalue weighted by molar-refractivity contribution is 4.87. The Morgan fingerprint density at radius 3 is 2.09 bits per heavy atom. The minimum atomic E-state index is -0.662. The third-order valence-electron chi connectivity index (χ3n) is 1.97. The molecular weight excluding hydrogens is 138 g/mol. The lowest BCUT2D eigenvalue weighted by atomic mass is 9.94. The molecule has 0 amide bonds. The summed E-state index contributed by atoms with van der Waals surface area (Å²) in [7, 11) is 0. The molecule has 11 heavy (non-hydrogen) atoms. The first kappa shape index (κ1) is 10.9. The second-order valence-electron chi connectivity index (χ2n) is 3.26. The van der Waals surface area contributed by atoms with E-state index in [1.165, 1.54) is 0 Å². The zero-order chi connectivity index (χ0) is 8.91. The van der Waals surface area contributed by atoms with Crippen LogP contribution in [0.15, 0.2) is 0 Å². The average molecular weight is 159 g/mol. The Balaban J connectivity index is 3.83. The molecule has 0 aromatic heterocycles. The zero-order valence-electron chi connectivity index (χ0n) is 7.64. The van der Waals surface area contributed by atoms with Gasteiger partial charge in [-0.3, -0.25) is 0 Å². The summed E-state index contributed by atoms with van der Waals surface area (Å²) in [6.45, 7) is 4.15. The summed E-state index contributed by atoms with van der Waals surface area (Å²) in [5.74, 6) is 0. The fourth-order valence-electron chi connectivity index (χ4n) is 1.20. The quantitative estimate of drug-likeness (QED) is 0.512. The summed E-state index contributed by atoms with van der Waals surface area (Å²) in [6, 6.07) is -0.0625. The van der Waals surface area contributed by atoms with Gasteiger partial charge in [-0.2, -0.15) is 0 Å². The second-order valence-corrected chi connectivity index (χ2v) is 3.26. The Kier molecular flexibility index (Phi) is 4.65. The van der Waals surface area contributed by atoms with Gasteiger partial charge in [0.2, 0.25) is 0 Å². The van der Waals surface area contributed by atoms with E-state index in [9.17, 15) is 0 Å². The predicted molar refractivity (Wildman–Crippen MR) is 48.9 cm³/mol. The summed E-state index contributed by atoms with van der Waals surface area (Å²) >= 11 is 0. The van der Waals surface area contributed by atoms with Gasteiger partial charge < -0.3 is 17.2 Å². The topological polar surface area (TPSA) is 78.1 Å². The minimum absolute atomic E-state index is 0.0625. The molecule has 0 fully saturated rings. The lowest BCUT2D eigenvalue weighted by Crippen LogP contribution is -2.62. The Morgan fingerprint density at radius 1 is 1.18 bits per heavy atom. The van der Waals surface area contributed by atoms with Crippen molar-refractivity contribution in [3.05, 3.63) is 0 Å². The van der Waals surface area contributed by atoms with E-state index in [1.807, 2.05) is 0 Å². The molecule has 0 saturated carbocycles.